The normalized spacial score (nSPS) is 23.7. The van der Waals surface area contributed by atoms with Crippen molar-refractivity contribution in [3.8, 4) is 0 Å². The number of hydrogen-bond acceptors (Lipinski definition) is 4. The highest BCUT2D eigenvalue weighted by molar-refractivity contribution is 5.95. The van der Waals surface area contributed by atoms with Crippen LogP contribution >= 0.6 is 0 Å². The molecule has 2 aliphatic heterocycles. The predicted octanol–water partition coefficient (Wildman–Crippen LogP) is 1.49. The summed E-state index contributed by atoms with van der Waals surface area (Å²) in [7, 11) is 1.84. The highest BCUT2D eigenvalue weighted by Crippen LogP contribution is 2.29. The monoisotopic (exact) mass is 292 g/mol. The smallest absolute Gasteiger partial charge is 0.341 e. The first-order chi connectivity index (χ1) is 10.1. The Labute approximate surface area is 125 Å². The Morgan fingerprint density at radius 1 is 1.24 bits per heavy atom. The van der Waals surface area contributed by atoms with Gasteiger partial charge in [0.25, 0.3) is 0 Å². The molecule has 3 rings (SSSR count). The van der Waals surface area contributed by atoms with Crippen LogP contribution in [0.4, 0.5) is 5.82 Å². The highest BCUT2D eigenvalue weighted by atomic mass is 16.4. The Kier molecular flexibility index (Phi) is 3.89. The number of carboxylic acid groups (broad SMARTS) is 1. The van der Waals surface area contributed by atoms with Gasteiger partial charge in [0.2, 0.25) is 0 Å². The van der Waals surface area contributed by atoms with Gasteiger partial charge in [-0.05, 0) is 39.3 Å². The molecule has 1 N–H and O–H groups in total. The van der Waals surface area contributed by atoms with Crippen LogP contribution in [0.2, 0.25) is 0 Å². The van der Waals surface area contributed by atoms with Crippen LogP contribution in [0.15, 0.2) is 0 Å². The molecule has 6 nitrogen and oxygen atoms in total. The summed E-state index contributed by atoms with van der Waals surface area (Å²) in [5.41, 5.74) is 0.957. The molecule has 6 heteroatoms. The van der Waals surface area contributed by atoms with Crippen molar-refractivity contribution < 1.29 is 9.90 Å². The molecule has 2 aliphatic rings. The van der Waals surface area contributed by atoms with E-state index in [1.54, 1.807) is 11.6 Å². The van der Waals surface area contributed by atoms with Gasteiger partial charge in [-0.15, -0.1) is 0 Å². The summed E-state index contributed by atoms with van der Waals surface area (Å²) in [6, 6.07) is 0.558. The van der Waals surface area contributed by atoms with E-state index in [0.29, 0.717) is 17.3 Å². The lowest BCUT2D eigenvalue weighted by atomic mass is 10.1. The van der Waals surface area contributed by atoms with Crippen LogP contribution in [0.5, 0.6) is 0 Å². The van der Waals surface area contributed by atoms with Crippen LogP contribution < -0.4 is 4.90 Å². The molecule has 0 radical (unpaired) electrons. The first kappa shape index (κ1) is 14.4. The Balaban J connectivity index is 1.78. The summed E-state index contributed by atoms with van der Waals surface area (Å²) < 4.78 is 1.72. The maximum absolute atomic E-state index is 11.5. The summed E-state index contributed by atoms with van der Waals surface area (Å²) in [6.07, 6.45) is 5.05. The molecule has 0 aromatic carbocycles. The molecule has 0 bridgehead atoms. The van der Waals surface area contributed by atoms with Crippen LogP contribution in [0.1, 0.15) is 41.7 Å². The van der Waals surface area contributed by atoms with Crippen LogP contribution in [0.25, 0.3) is 0 Å². The second-order valence-electron chi connectivity index (χ2n) is 6.20. The van der Waals surface area contributed by atoms with Gasteiger partial charge in [-0.25, -0.2) is 4.79 Å². The van der Waals surface area contributed by atoms with Crippen LogP contribution in [0.3, 0.4) is 0 Å². The number of piperidine rings is 1. The maximum Gasteiger partial charge on any atom is 0.341 e. The first-order valence-electron chi connectivity index (χ1n) is 7.84. The van der Waals surface area contributed by atoms with E-state index < -0.39 is 5.97 Å². The number of anilines is 1. The number of aryl methyl sites for hydroxylation is 2. The summed E-state index contributed by atoms with van der Waals surface area (Å²) in [4.78, 5) is 16.3. The molecule has 0 amide bonds. The topological polar surface area (TPSA) is 61.6 Å². The van der Waals surface area contributed by atoms with Crippen molar-refractivity contribution in [3.63, 3.8) is 0 Å². The zero-order chi connectivity index (χ0) is 15.0. The molecule has 1 aromatic heterocycles. The fraction of sp³-hybridized carbons (Fsp3) is 0.733. The molecule has 2 fully saturated rings. The molecular weight excluding hydrogens is 268 g/mol. The van der Waals surface area contributed by atoms with E-state index in [4.69, 9.17) is 0 Å². The molecule has 1 unspecified atom stereocenters. The van der Waals surface area contributed by atoms with Crippen molar-refractivity contribution >= 4 is 11.8 Å². The largest absolute Gasteiger partial charge is 0.477 e. The maximum atomic E-state index is 11.5. The van der Waals surface area contributed by atoms with Crippen molar-refractivity contribution in [3.05, 3.63) is 11.3 Å². The van der Waals surface area contributed by atoms with E-state index in [1.165, 1.54) is 32.4 Å². The van der Waals surface area contributed by atoms with E-state index in [9.17, 15) is 9.90 Å². The lowest BCUT2D eigenvalue weighted by Crippen LogP contribution is -2.41. The van der Waals surface area contributed by atoms with Crippen LogP contribution in [-0.2, 0) is 7.05 Å². The quantitative estimate of drug-likeness (QED) is 0.914. The van der Waals surface area contributed by atoms with Crippen molar-refractivity contribution in [1.29, 1.82) is 0 Å². The number of carboxylic acids is 1. The van der Waals surface area contributed by atoms with Crippen molar-refractivity contribution in [2.45, 2.75) is 38.6 Å². The minimum Gasteiger partial charge on any atom is -0.477 e. The van der Waals surface area contributed by atoms with E-state index in [-0.39, 0.29) is 0 Å². The Hall–Kier alpha value is -1.56. The third kappa shape index (κ3) is 2.64. The number of aromatic nitrogens is 2. The molecule has 0 aliphatic carbocycles. The average Bonchev–Trinajstić information content (AvgIpc) is 3.04. The molecule has 0 saturated carbocycles. The van der Waals surface area contributed by atoms with Crippen molar-refractivity contribution in [2.75, 3.05) is 31.1 Å². The summed E-state index contributed by atoms with van der Waals surface area (Å²) in [5, 5.41) is 13.7. The Morgan fingerprint density at radius 3 is 2.62 bits per heavy atom. The highest BCUT2D eigenvalue weighted by Gasteiger charge is 2.33. The van der Waals surface area contributed by atoms with Gasteiger partial charge < -0.3 is 10.0 Å². The molecule has 3 heterocycles. The Morgan fingerprint density at radius 2 is 1.95 bits per heavy atom. The van der Waals surface area contributed by atoms with Gasteiger partial charge in [0.05, 0.1) is 5.69 Å². The third-order valence-corrected chi connectivity index (χ3v) is 4.78. The lowest BCUT2D eigenvalue weighted by molar-refractivity contribution is 0.0696. The number of rotatable bonds is 3. The molecule has 2 saturated heterocycles. The number of nitrogens with zero attached hydrogens (tertiary/aromatic N) is 4. The molecule has 1 atom stereocenters. The van der Waals surface area contributed by atoms with Gasteiger partial charge >= 0.3 is 5.97 Å². The van der Waals surface area contributed by atoms with Gasteiger partial charge in [0, 0.05) is 26.2 Å². The minimum absolute atomic E-state index is 0.358. The second kappa shape index (κ2) is 5.67. The van der Waals surface area contributed by atoms with Crippen molar-refractivity contribution in [1.82, 2.24) is 14.7 Å². The molecule has 0 spiro atoms. The molecular formula is C15H24N4O2. The van der Waals surface area contributed by atoms with E-state index in [0.717, 1.165) is 25.3 Å². The number of likely N-dealkylation sites (tertiary alicyclic amines) is 1. The van der Waals surface area contributed by atoms with Gasteiger partial charge in [-0.3, -0.25) is 9.58 Å². The number of carbonyl (C=O) groups is 1. The van der Waals surface area contributed by atoms with Gasteiger partial charge in [0.15, 0.2) is 0 Å². The SMILES string of the molecule is Cc1nn(C)c(N2CCC(N3CCCCC3)C2)c1C(=O)O. The molecule has 1 aromatic rings. The summed E-state index contributed by atoms with van der Waals surface area (Å²) in [6.45, 7) is 5.98. The molecule has 21 heavy (non-hydrogen) atoms. The van der Waals surface area contributed by atoms with Gasteiger partial charge in [0.1, 0.15) is 11.4 Å². The average molecular weight is 292 g/mol. The summed E-state index contributed by atoms with van der Waals surface area (Å²) in [5.74, 6) is -0.114. The van der Waals surface area contributed by atoms with Crippen molar-refractivity contribution in [2.24, 2.45) is 7.05 Å². The predicted molar refractivity (Wildman–Crippen MR) is 80.9 cm³/mol. The third-order valence-electron chi connectivity index (χ3n) is 4.78. The van der Waals surface area contributed by atoms with E-state index >= 15 is 0 Å². The van der Waals surface area contributed by atoms with E-state index in [1.807, 2.05) is 7.05 Å². The second-order valence-corrected chi connectivity index (χ2v) is 6.20. The van der Waals surface area contributed by atoms with Crippen LogP contribution in [-0.4, -0.2) is 58.0 Å². The van der Waals surface area contributed by atoms with Gasteiger partial charge in [-0.2, -0.15) is 5.10 Å². The lowest BCUT2D eigenvalue weighted by Gasteiger charge is -2.32. The standard InChI is InChI=1S/C15H24N4O2/c1-11-13(15(20)21)14(17(2)16-11)19-9-6-12(10-19)18-7-4-3-5-8-18/h12H,3-10H2,1-2H3,(H,20,21). The fourth-order valence-electron chi connectivity index (χ4n) is 3.77. The zero-order valence-electron chi connectivity index (χ0n) is 12.9. The van der Waals surface area contributed by atoms with Crippen LogP contribution in [0, 0.1) is 6.92 Å². The minimum atomic E-state index is -0.878. The number of hydrogen-bond donors (Lipinski definition) is 1. The summed E-state index contributed by atoms with van der Waals surface area (Å²) >= 11 is 0. The zero-order valence-corrected chi connectivity index (χ0v) is 12.9. The first-order valence-corrected chi connectivity index (χ1v) is 7.84. The van der Waals surface area contributed by atoms with E-state index in [2.05, 4.69) is 14.9 Å². The molecule has 116 valence electrons. The number of aromatic carboxylic acids is 1. The van der Waals surface area contributed by atoms with Gasteiger partial charge in [-0.1, -0.05) is 6.42 Å². The fourth-order valence-corrected chi connectivity index (χ4v) is 3.77. The Bertz CT molecular complexity index is 534.